The molecule has 8 nitrogen and oxygen atoms in total. The summed E-state index contributed by atoms with van der Waals surface area (Å²) in [6.45, 7) is 1.86. The number of ketones is 1. The molecule has 1 aliphatic rings. The van der Waals surface area contributed by atoms with Crippen molar-refractivity contribution in [3.63, 3.8) is 0 Å². The van der Waals surface area contributed by atoms with Crippen LogP contribution in [0.4, 0.5) is 8.78 Å². The van der Waals surface area contributed by atoms with E-state index in [1.165, 1.54) is 37.2 Å². The van der Waals surface area contributed by atoms with Gasteiger partial charge in [0.05, 0.1) is 25.2 Å². The van der Waals surface area contributed by atoms with Crippen LogP contribution in [0.1, 0.15) is 46.6 Å². The topological polar surface area (TPSA) is 107 Å². The minimum absolute atomic E-state index is 0.113. The largest absolute Gasteiger partial charge is 0.490 e. The maximum absolute atomic E-state index is 15.5. The van der Waals surface area contributed by atoms with Crippen molar-refractivity contribution in [1.82, 2.24) is 9.99 Å². The Morgan fingerprint density at radius 3 is 2.45 bits per heavy atom. The van der Waals surface area contributed by atoms with Gasteiger partial charge in [-0.2, -0.15) is 5.10 Å². The van der Waals surface area contributed by atoms with Crippen LogP contribution in [0.5, 0.6) is 11.5 Å². The van der Waals surface area contributed by atoms with Crippen LogP contribution >= 0.6 is 11.8 Å². The zero-order valence-corrected chi connectivity index (χ0v) is 21.7. The van der Waals surface area contributed by atoms with Gasteiger partial charge >= 0.3 is 0 Å². The summed E-state index contributed by atoms with van der Waals surface area (Å²) in [5.41, 5.74) is 8.06. The first kappa shape index (κ1) is 27.2. The number of aldehydes is 1. The minimum Gasteiger partial charge on any atom is -0.490 e. The predicted octanol–water partition coefficient (Wildman–Crippen LogP) is 4.32. The van der Waals surface area contributed by atoms with Crippen molar-refractivity contribution >= 4 is 29.5 Å². The number of rotatable bonds is 9. The molecule has 0 amide bonds. The van der Waals surface area contributed by atoms with E-state index in [0.29, 0.717) is 29.4 Å². The van der Waals surface area contributed by atoms with Crippen molar-refractivity contribution < 1.29 is 27.8 Å². The third-order valence-corrected chi connectivity index (χ3v) is 7.61. The van der Waals surface area contributed by atoms with Gasteiger partial charge in [0.15, 0.2) is 34.8 Å². The molecule has 0 bridgehead atoms. The Bertz CT molecular complexity index is 1360. The highest BCUT2D eigenvalue weighted by Crippen LogP contribution is 2.40. The molecule has 11 heteroatoms. The fraction of sp³-hybridized carbons (Fsp3) is 0.259. The number of thioether (sulfide) groups is 1. The van der Waals surface area contributed by atoms with E-state index in [9.17, 15) is 14.0 Å². The van der Waals surface area contributed by atoms with Crippen LogP contribution in [0, 0.1) is 11.6 Å². The molecule has 2 heterocycles. The van der Waals surface area contributed by atoms with Crippen molar-refractivity contribution in [3.8, 4) is 11.5 Å². The zero-order chi connectivity index (χ0) is 27.4. The summed E-state index contributed by atoms with van der Waals surface area (Å²) >= 11 is 1.23. The molecule has 198 valence electrons. The molecular formula is C27H26F2N4O4S. The smallest absolute Gasteiger partial charge is 0.200 e. The van der Waals surface area contributed by atoms with E-state index < -0.39 is 28.4 Å². The molecular weight excluding hydrogens is 514 g/mol. The molecule has 3 atom stereocenters. The molecule has 0 spiro atoms. The van der Waals surface area contributed by atoms with Gasteiger partial charge < -0.3 is 20.0 Å². The summed E-state index contributed by atoms with van der Waals surface area (Å²) in [6, 6.07) is 10.9. The first-order valence-corrected chi connectivity index (χ1v) is 12.7. The van der Waals surface area contributed by atoms with Gasteiger partial charge in [-0.05, 0) is 30.2 Å². The lowest BCUT2D eigenvalue weighted by molar-refractivity contribution is -0.110. The Balaban J connectivity index is 1.72. The lowest BCUT2D eigenvalue weighted by atomic mass is 10.0. The average Bonchev–Trinajstić information content (AvgIpc) is 2.96. The summed E-state index contributed by atoms with van der Waals surface area (Å²) in [7, 11) is 2.43. The first-order chi connectivity index (χ1) is 18.3. The van der Waals surface area contributed by atoms with Crippen molar-refractivity contribution in [2.75, 3.05) is 14.2 Å². The highest BCUT2D eigenvalue weighted by atomic mass is 32.2. The fourth-order valence-electron chi connectivity index (χ4n) is 4.17. The predicted molar refractivity (Wildman–Crippen MR) is 140 cm³/mol. The lowest BCUT2D eigenvalue weighted by Crippen LogP contribution is -2.44. The normalized spacial score (nSPS) is 17.9. The summed E-state index contributed by atoms with van der Waals surface area (Å²) in [4.78, 5) is 28.7. The van der Waals surface area contributed by atoms with E-state index in [4.69, 9.17) is 15.2 Å². The van der Waals surface area contributed by atoms with Crippen LogP contribution in [0.2, 0.25) is 0 Å². The number of hydrazone groups is 1. The molecule has 2 N–H and O–H groups in total. The van der Waals surface area contributed by atoms with Crippen molar-refractivity contribution in [2.45, 2.75) is 30.1 Å². The number of ether oxygens (including phenoxy) is 2. The molecule has 3 aromatic rings. The number of hydrogen-bond donors (Lipinski definition) is 1. The summed E-state index contributed by atoms with van der Waals surface area (Å²) < 4.78 is 40.3. The fourth-order valence-corrected chi connectivity index (χ4v) is 5.36. The van der Waals surface area contributed by atoms with E-state index in [0.717, 1.165) is 6.07 Å². The molecule has 0 radical (unpaired) electrons. The van der Waals surface area contributed by atoms with Gasteiger partial charge in [0.25, 0.3) is 0 Å². The molecule has 38 heavy (non-hydrogen) atoms. The molecule has 0 aliphatic carbocycles. The Morgan fingerprint density at radius 2 is 1.87 bits per heavy atom. The Morgan fingerprint density at radius 1 is 1.16 bits per heavy atom. The molecule has 4 rings (SSSR count). The quantitative estimate of drug-likeness (QED) is 0.316. The van der Waals surface area contributed by atoms with E-state index >= 15 is 4.39 Å². The Kier molecular flexibility index (Phi) is 8.38. The number of nitrogens with zero attached hydrogens (tertiary/aromatic N) is 3. The lowest BCUT2D eigenvalue weighted by Gasteiger charge is -2.38. The summed E-state index contributed by atoms with van der Waals surface area (Å²) in [6.07, 6.45) is 3.36. The van der Waals surface area contributed by atoms with E-state index in [2.05, 4.69) is 10.1 Å². The van der Waals surface area contributed by atoms with Crippen molar-refractivity contribution in [1.29, 1.82) is 0 Å². The molecule has 3 unspecified atom stereocenters. The van der Waals surface area contributed by atoms with Gasteiger partial charge in [-0.25, -0.2) is 8.78 Å². The summed E-state index contributed by atoms with van der Waals surface area (Å²) in [5, 5.41) is 4.73. The molecule has 2 aromatic carbocycles. The minimum atomic E-state index is -0.916. The van der Waals surface area contributed by atoms with Gasteiger partial charge in [0, 0.05) is 29.1 Å². The molecule has 0 fully saturated rings. The van der Waals surface area contributed by atoms with Crippen LogP contribution in [0.3, 0.4) is 0 Å². The van der Waals surface area contributed by atoms with Crippen LogP contribution < -0.4 is 15.2 Å². The third-order valence-electron chi connectivity index (χ3n) is 6.12. The number of methoxy groups -OCH3 is 2. The van der Waals surface area contributed by atoms with Crippen LogP contribution in [0.25, 0.3) is 0 Å². The maximum atomic E-state index is 15.5. The van der Waals surface area contributed by atoms with E-state index in [1.54, 1.807) is 42.6 Å². The maximum Gasteiger partial charge on any atom is 0.200 e. The second-order valence-corrected chi connectivity index (χ2v) is 9.67. The van der Waals surface area contributed by atoms with Crippen LogP contribution in [0.15, 0.2) is 60.0 Å². The monoisotopic (exact) mass is 540 g/mol. The average molecular weight is 541 g/mol. The standard InChI is InChI=1S/C27H26F2N4O4S/c1-4-20-23(18-12-19(28)25(36-2)26(37-3)22(18)29)32-33(21(14-34)38-20)27(30)16-9-7-15(8-10-16)24(35)17-6-5-11-31-13-17/h5-14,20-21,27H,4,30H2,1-3H3. The number of nitrogens with two attached hydrogens (primary N) is 1. The van der Waals surface area contributed by atoms with Gasteiger partial charge in [0.1, 0.15) is 6.17 Å². The number of carbonyl (C=O) groups excluding carboxylic acids is 2. The van der Waals surface area contributed by atoms with Crippen LogP contribution in [-0.4, -0.2) is 52.6 Å². The molecule has 1 aliphatic heterocycles. The highest BCUT2D eigenvalue weighted by Gasteiger charge is 2.36. The Hall–Kier alpha value is -3.83. The SMILES string of the molecule is CCC1SC(C=O)N(C(N)c2ccc(C(=O)c3cccnc3)cc2)N=C1c1cc(F)c(OC)c(OC)c1F. The second kappa shape index (κ2) is 11.7. The number of benzene rings is 2. The van der Waals surface area contributed by atoms with Gasteiger partial charge in [0.2, 0.25) is 5.75 Å². The first-order valence-electron chi connectivity index (χ1n) is 11.7. The van der Waals surface area contributed by atoms with Crippen LogP contribution in [-0.2, 0) is 4.79 Å². The number of hydrogen-bond acceptors (Lipinski definition) is 9. The number of aromatic nitrogens is 1. The van der Waals surface area contributed by atoms with Gasteiger partial charge in [-0.1, -0.05) is 31.2 Å². The molecule has 1 aromatic heterocycles. The number of pyridine rings is 1. The molecule has 0 saturated heterocycles. The van der Waals surface area contributed by atoms with E-state index in [1.807, 2.05) is 6.92 Å². The third kappa shape index (κ3) is 5.11. The van der Waals surface area contributed by atoms with Crippen molar-refractivity contribution in [2.24, 2.45) is 10.8 Å². The second-order valence-electron chi connectivity index (χ2n) is 8.35. The number of carbonyl (C=O) groups is 2. The molecule has 0 saturated carbocycles. The zero-order valence-electron chi connectivity index (χ0n) is 20.9. The van der Waals surface area contributed by atoms with Gasteiger partial charge in [-0.15, -0.1) is 11.8 Å². The number of halogens is 2. The van der Waals surface area contributed by atoms with E-state index in [-0.39, 0.29) is 28.6 Å². The highest BCUT2D eigenvalue weighted by molar-refractivity contribution is 8.01. The Labute approximate surface area is 222 Å². The van der Waals surface area contributed by atoms with Gasteiger partial charge in [-0.3, -0.25) is 14.8 Å². The summed E-state index contributed by atoms with van der Waals surface area (Å²) in [5.74, 6) is -2.58. The van der Waals surface area contributed by atoms with Crippen molar-refractivity contribution in [3.05, 3.63) is 88.7 Å².